The fraction of sp³-hybridized carbons (Fsp3) is 0.500. The monoisotopic (exact) mass is 287 g/mol. The van der Waals surface area contributed by atoms with Gasteiger partial charge in [0.1, 0.15) is 0 Å². The summed E-state index contributed by atoms with van der Waals surface area (Å²) < 4.78 is 1.96. The van der Waals surface area contributed by atoms with E-state index in [4.69, 9.17) is 0 Å². The van der Waals surface area contributed by atoms with Gasteiger partial charge >= 0.3 is 5.97 Å². The fourth-order valence-corrected chi connectivity index (χ4v) is 3.26. The number of fused-ring (bicyclic) bond motifs is 1. The number of para-hydroxylation sites is 1. The number of carboxylic acids is 1. The van der Waals surface area contributed by atoms with E-state index in [2.05, 4.69) is 16.9 Å². The molecule has 1 aromatic heterocycles. The Bertz CT molecular complexity index is 644. The van der Waals surface area contributed by atoms with Gasteiger partial charge in [0.2, 0.25) is 0 Å². The van der Waals surface area contributed by atoms with Crippen molar-refractivity contribution in [3.8, 4) is 0 Å². The predicted octanol–water partition coefficient (Wildman–Crippen LogP) is 2.61. The molecule has 0 radical (unpaired) electrons. The maximum absolute atomic E-state index is 11.4. The average Bonchev–Trinajstić information content (AvgIpc) is 3.14. The molecule has 1 aliphatic rings. The van der Waals surface area contributed by atoms with Crippen molar-refractivity contribution in [1.82, 2.24) is 14.5 Å². The molecule has 5 nitrogen and oxygen atoms in total. The van der Waals surface area contributed by atoms with E-state index in [1.807, 2.05) is 10.6 Å². The Balaban J connectivity index is 1.79. The summed E-state index contributed by atoms with van der Waals surface area (Å²) in [5.74, 6) is -0.897. The lowest BCUT2D eigenvalue weighted by Crippen LogP contribution is -2.32. The molecule has 2 aromatic rings. The number of rotatable bonds is 5. The van der Waals surface area contributed by atoms with Crippen LogP contribution in [-0.4, -0.2) is 45.2 Å². The van der Waals surface area contributed by atoms with Gasteiger partial charge in [-0.2, -0.15) is 0 Å². The van der Waals surface area contributed by atoms with Crippen LogP contribution in [0.1, 0.15) is 36.0 Å². The molecule has 0 atom stereocenters. The molecule has 1 aromatic carbocycles. The number of benzene rings is 1. The average molecular weight is 287 g/mol. The number of hydrogen-bond donors (Lipinski definition) is 1. The highest BCUT2D eigenvalue weighted by Gasteiger charge is 2.19. The Morgan fingerprint density at radius 1 is 1.43 bits per heavy atom. The molecule has 1 N–H and O–H groups in total. The predicted molar refractivity (Wildman–Crippen MR) is 81.6 cm³/mol. The Morgan fingerprint density at radius 3 is 2.90 bits per heavy atom. The van der Waals surface area contributed by atoms with Crippen LogP contribution in [0.15, 0.2) is 24.5 Å². The van der Waals surface area contributed by atoms with Crippen LogP contribution >= 0.6 is 0 Å². The first-order chi connectivity index (χ1) is 10.2. The molecular weight excluding hydrogens is 266 g/mol. The van der Waals surface area contributed by atoms with E-state index >= 15 is 0 Å². The van der Waals surface area contributed by atoms with Gasteiger partial charge in [-0.05, 0) is 32.0 Å². The molecule has 21 heavy (non-hydrogen) atoms. The Labute approximate surface area is 124 Å². The summed E-state index contributed by atoms with van der Waals surface area (Å²) in [6.45, 7) is 1.69. The molecule has 1 saturated carbocycles. The zero-order valence-electron chi connectivity index (χ0n) is 12.3. The maximum Gasteiger partial charge on any atom is 0.337 e. The third-order valence-electron chi connectivity index (χ3n) is 4.51. The smallest absolute Gasteiger partial charge is 0.337 e. The molecule has 1 fully saturated rings. The normalized spacial score (nSPS) is 16.1. The molecular formula is C16H21N3O2. The van der Waals surface area contributed by atoms with E-state index in [0.29, 0.717) is 11.6 Å². The molecule has 0 aliphatic heterocycles. The quantitative estimate of drug-likeness (QED) is 0.918. The molecule has 0 unspecified atom stereocenters. The number of nitrogens with zero attached hydrogens (tertiary/aromatic N) is 3. The summed E-state index contributed by atoms with van der Waals surface area (Å²) in [7, 11) is 2.16. The van der Waals surface area contributed by atoms with E-state index in [0.717, 1.165) is 24.1 Å². The van der Waals surface area contributed by atoms with E-state index in [-0.39, 0.29) is 0 Å². The largest absolute Gasteiger partial charge is 0.478 e. The highest BCUT2D eigenvalue weighted by Crippen LogP contribution is 2.23. The fourth-order valence-electron chi connectivity index (χ4n) is 3.26. The highest BCUT2D eigenvalue weighted by molar-refractivity contribution is 6.01. The van der Waals surface area contributed by atoms with Crippen molar-refractivity contribution in [2.24, 2.45) is 0 Å². The number of hydrogen-bond acceptors (Lipinski definition) is 3. The lowest BCUT2D eigenvalue weighted by molar-refractivity contribution is 0.0698. The van der Waals surface area contributed by atoms with Crippen molar-refractivity contribution in [1.29, 1.82) is 0 Å². The summed E-state index contributed by atoms with van der Waals surface area (Å²) in [4.78, 5) is 18.1. The van der Waals surface area contributed by atoms with Crippen molar-refractivity contribution < 1.29 is 9.90 Å². The van der Waals surface area contributed by atoms with E-state index in [1.54, 1.807) is 18.5 Å². The summed E-state index contributed by atoms with van der Waals surface area (Å²) >= 11 is 0. The van der Waals surface area contributed by atoms with E-state index in [1.165, 1.54) is 25.7 Å². The van der Waals surface area contributed by atoms with Crippen LogP contribution in [0.3, 0.4) is 0 Å². The van der Waals surface area contributed by atoms with Crippen LogP contribution in [-0.2, 0) is 6.54 Å². The minimum Gasteiger partial charge on any atom is -0.478 e. The van der Waals surface area contributed by atoms with Gasteiger partial charge in [-0.1, -0.05) is 18.9 Å². The van der Waals surface area contributed by atoms with Crippen LogP contribution < -0.4 is 0 Å². The zero-order valence-corrected chi connectivity index (χ0v) is 12.3. The van der Waals surface area contributed by atoms with Crippen molar-refractivity contribution in [3.63, 3.8) is 0 Å². The van der Waals surface area contributed by atoms with Gasteiger partial charge in [0.05, 0.1) is 22.9 Å². The lowest BCUT2D eigenvalue weighted by Gasteiger charge is -2.24. The zero-order chi connectivity index (χ0) is 14.8. The third-order valence-corrected chi connectivity index (χ3v) is 4.51. The van der Waals surface area contributed by atoms with Gasteiger partial charge < -0.3 is 14.6 Å². The SMILES string of the molecule is CN(CCn1cnc2cccc(C(=O)O)c21)C1CCCC1. The molecule has 1 heterocycles. The number of likely N-dealkylation sites (N-methyl/N-ethyl adjacent to an activating group) is 1. The van der Waals surface area contributed by atoms with Crippen molar-refractivity contribution in [2.45, 2.75) is 38.3 Å². The number of aromatic nitrogens is 2. The Hall–Kier alpha value is -1.88. The third kappa shape index (κ3) is 2.78. The standard InChI is InChI=1S/C16H21N3O2/c1-18(12-5-2-3-6-12)9-10-19-11-17-14-8-4-7-13(15(14)19)16(20)21/h4,7-8,11-12H,2-3,5-6,9-10H2,1H3,(H,20,21). The first kappa shape index (κ1) is 14.1. The Morgan fingerprint density at radius 2 is 2.19 bits per heavy atom. The molecule has 5 heteroatoms. The van der Waals surface area contributed by atoms with E-state index < -0.39 is 5.97 Å². The first-order valence-electron chi connectivity index (χ1n) is 7.54. The van der Waals surface area contributed by atoms with Gasteiger partial charge in [-0.25, -0.2) is 9.78 Å². The van der Waals surface area contributed by atoms with Gasteiger partial charge in [0.25, 0.3) is 0 Å². The summed E-state index contributed by atoms with van der Waals surface area (Å²) in [5, 5.41) is 9.32. The van der Waals surface area contributed by atoms with Crippen molar-refractivity contribution in [3.05, 3.63) is 30.1 Å². The highest BCUT2D eigenvalue weighted by atomic mass is 16.4. The van der Waals surface area contributed by atoms with Crippen LogP contribution in [0, 0.1) is 0 Å². The second-order valence-electron chi connectivity index (χ2n) is 5.84. The molecule has 112 valence electrons. The topological polar surface area (TPSA) is 58.4 Å². The molecule has 0 bridgehead atoms. The number of carbonyl (C=O) groups is 1. The molecule has 3 rings (SSSR count). The van der Waals surface area contributed by atoms with Crippen LogP contribution in [0.5, 0.6) is 0 Å². The number of imidazole rings is 1. The molecule has 0 spiro atoms. The van der Waals surface area contributed by atoms with Gasteiger partial charge in [0.15, 0.2) is 0 Å². The first-order valence-corrected chi connectivity index (χ1v) is 7.54. The number of carboxylic acid groups (broad SMARTS) is 1. The van der Waals surface area contributed by atoms with Gasteiger partial charge in [0, 0.05) is 19.1 Å². The van der Waals surface area contributed by atoms with Gasteiger partial charge in [-0.15, -0.1) is 0 Å². The number of aromatic carboxylic acids is 1. The molecule has 0 saturated heterocycles. The second kappa shape index (κ2) is 5.85. The van der Waals surface area contributed by atoms with Crippen LogP contribution in [0.25, 0.3) is 11.0 Å². The van der Waals surface area contributed by atoms with Crippen molar-refractivity contribution >= 4 is 17.0 Å². The molecule has 0 amide bonds. The van der Waals surface area contributed by atoms with Crippen LogP contribution in [0.2, 0.25) is 0 Å². The summed E-state index contributed by atoms with van der Waals surface area (Å²) in [5.41, 5.74) is 1.80. The lowest BCUT2D eigenvalue weighted by atomic mass is 10.2. The maximum atomic E-state index is 11.4. The molecule has 1 aliphatic carbocycles. The van der Waals surface area contributed by atoms with Gasteiger partial charge in [-0.3, -0.25) is 0 Å². The summed E-state index contributed by atoms with van der Waals surface area (Å²) in [6, 6.07) is 5.93. The van der Waals surface area contributed by atoms with E-state index in [9.17, 15) is 9.90 Å². The second-order valence-corrected chi connectivity index (χ2v) is 5.84. The minimum absolute atomic E-state index is 0.327. The minimum atomic E-state index is -0.897. The summed E-state index contributed by atoms with van der Waals surface area (Å²) in [6.07, 6.45) is 6.96. The van der Waals surface area contributed by atoms with Crippen LogP contribution in [0.4, 0.5) is 0 Å². The Kier molecular flexibility index (Phi) is 3.92. The van der Waals surface area contributed by atoms with Crippen molar-refractivity contribution in [2.75, 3.05) is 13.6 Å².